The fraction of sp³-hybridized carbons (Fsp3) is 0.538. The van der Waals surface area contributed by atoms with E-state index in [1.54, 1.807) is 7.05 Å². The van der Waals surface area contributed by atoms with Crippen molar-refractivity contribution < 1.29 is 13.3 Å². The number of sulfonamides is 1. The minimum Gasteiger partial charge on any atom is -0.316 e. The number of nitrogens with one attached hydrogen (secondary N) is 1. The van der Waals surface area contributed by atoms with Crippen molar-refractivity contribution in [1.82, 2.24) is 9.62 Å². The minimum absolute atomic E-state index is 0. The smallest absolute Gasteiger partial charge is 0.273 e. The van der Waals surface area contributed by atoms with Crippen molar-refractivity contribution in [3.05, 3.63) is 33.9 Å². The third-order valence-corrected chi connectivity index (χ3v) is 5.87. The third kappa shape index (κ3) is 3.57. The van der Waals surface area contributed by atoms with Gasteiger partial charge in [0.2, 0.25) is 10.0 Å². The van der Waals surface area contributed by atoms with Gasteiger partial charge < -0.3 is 5.32 Å². The summed E-state index contributed by atoms with van der Waals surface area (Å²) in [6, 6.07) is 4.28. The lowest BCUT2D eigenvalue weighted by molar-refractivity contribution is -0.385. The molecule has 124 valence electrons. The maximum Gasteiger partial charge on any atom is 0.273 e. The van der Waals surface area contributed by atoms with E-state index in [0.29, 0.717) is 13.1 Å². The lowest BCUT2D eigenvalue weighted by Gasteiger charge is -2.32. The first kappa shape index (κ1) is 18.8. The molecule has 1 aromatic rings. The largest absolute Gasteiger partial charge is 0.316 e. The van der Waals surface area contributed by atoms with Gasteiger partial charge in [0.15, 0.2) is 0 Å². The molecule has 0 aromatic heterocycles. The molecule has 9 heteroatoms. The summed E-state index contributed by atoms with van der Waals surface area (Å²) in [5, 5.41) is 14.1. The topological polar surface area (TPSA) is 92.6 Å². The van der Waals surface area contributed by atoms with Gasteiger partial charge in [-0.1, -0.05) is 6.07 Å². The van der Waals surface area contributed by atoms with Crippen molar-refractivity contribution in [2.24, 2.45) is 0 Å². The second-order valence-corrected chi connectivity index (χ2v) is 7.05. The Morgan fingerprint density at radius 2 is 2.09 bits per heavy atom. The molecule has 1 saturated heterocycles. The zero-order chi connectivity index (χ0) is 15.6. The molecule has 1 aliphatic rings. The Balaban J connectivity index is 0.00000242. The van der Waals surface area contributed by atoms with E-state index >= 15 is 0 Å². The summed E-state index contributed by atoms with van der Waals surface area (Å²) in [6.07, 6.45) is 1.70. The van der Waals surface area contributed by atoms with Gasteiger partial charge in [-0.2, -0.15) is 4.31 Å². The summed E-state index contributed by atoms with van der Waals surface area (Å²) < 4.78 is 26.8. The molecule has 1 atom stereocenters. The molecular formula is C13H20ClN3O4S. The second kappa shape index (κ2) is 7.36. The van der Waals surface area contributed by atoms with E-state index in [4.69, 9.17) is 0 Å². The molecule has 1 aromatic carbocycles. The molecule has 0 saturated carbocycles. The van der Waals surface area contributed by atoms with Crippen LogP contribution in [-0.2, 0) is 10.0 Å². The Morgan fingerprint density at radius 3 is 2.68 bits per heavy atom. The number of nitro benzene ring substituents is 1. The van der Waals surface area contributed by atoms with E-state index in [-0.39, 0.29) is 34.6 Å². The zero-order valence-electron chi connectivity index (χ0n) is 12.5. The van der Waals surface area contributed by atoms with E-state index in [1.807, 2.05) is 0 Å². The van der Waals surface area contributed by atoms with Crippen LogP contribution in [0.2, 0.25) is 0 Å². The monoisotopic (exact) mass is 349 g/mol. The van der Waals surface area contributed by atoms with Crippen molar-refractivity contribution >= 4 is 28.1 Å². The van der Waals surface area contributed by atoms with Crippen molar-refractivity contribution in [2.45, 2.75) is 30.7 Å². The predicted molar refractivity (Wildman–Crippen MR) is 85.9 cm³/mol. The van der Waals surface area contributed by atoms with Crippen molar-refractivity contribution in [1.29, 1.82) is 0 Å². The van der Waals surface area contributed by atoms with Crippen LogP contribution in [0.5, 0.6) is 0 Å². The van der Waals surface area contributed by atoms with E-state index in [0.717, 1.165) is 12.8 Å². The first-order chi connectivity index (χ1) is 9.87. The fourth-order valence-corrected chi connectivity index (χ4v) is 4.38. The van der Waals surface area contributed by atoms with Gasteiger partial charge >= 0.3 is 0 Å². The Kier molecular flexibility index (Phi) is 6.30. The quantitative estimate of drug-likeness (QED) is 0.659. The van der Waals surface area contributed by atoms with Crippen LogP contribution in [0.4, 0.5) is 5.69 Å². The second-order valence-electron chi connectivity index (χ2n) is 5.15. The number of hydrogen-bond donors (Lipinski definition) is 1. The Labute approximate surface area is 136 Å². The van der Waals surface area contributed by atoms with Crippen molar-refractivity contribution in [2.75, 3.05) is 20.1 Å². The highest BCUT2D eigenvalue weighted by atomic mass is 35.5. The van der Waals surface area contributed by atoms with Gasteiger partial charge in [-0.25, -0.2) is 8.42 Å². The lowest BCUT2D eigenvalue weighted by atomic mass is 10.1. The van der Waals surface area contributed by atoms with Crippen LogP contribution in [0.3, 0.4) is 0 Å². The van der Waals surface area contributed by atoms with Crippen LogP contribution in [0.1, 0.15) is 18.4 Å². The molecule has 2 rings (SSSR count). The first-order valence-electron chi connectivity index (χ1n) is 6.79. The van der Waals surface area contributed by atoms with Gasteiger partial charge in [0.1, 0.15) is 0 Å². The van der Waals surface area contributed by atoms with Gasteiger partial charge in [0.25, 0.3) is 5.69 Å². The Bertz CT molecular complexity index is 651. The first-order valence-corrected chi connectivity index (χ1v) is 8.23. The molecule has 1 fully saturated rings. The highest BCUT2D eigenvalue weighted by molar-refractivity contribution is 7.89. The summed E-state index contributed by atoms with van der Waals surface area (Å²) in [7, 11) is -1.90. The molecule has 0 aliphatic carbocycles. The molecule has 7 nitrogen and oxygen atoms in total. The fourth-order valence-electron chi connectivity index (χ4n) is 2.62. The lowest BCUT2D eigenvalue weighted by Crippen LogP contribution is -2.46. The number of nitro groups is 1. The molecule has 1 aliphatic heterocycles. The Morgan fingerprint density at radius 1 is 1.41 bits per heavy atom. The third-order valence-electron chi connectivity index (χ3n) is 3.86. The number of hydrogen-bond acceptors (Lipinski definition) is 5. The number of halogens is 1. The van der Waals surface area contributed by atoms with Gasteiger partial charge in [0.05, 0.1) is 9.82 Å². The average molecular weight is 350 g/mol. The summed E-state index contributed by atoms with van der Waals surface area (Å²) in [5.41, 5.74) is 0.0207. The standard InChI is InChI=1S/C13H19N3O4S.ClH/c1-10-12(16(17)18)6-3-7-13(10)21(19,20)15-8-4-5-11(9-15)14-2;/h3,6-7,11,14H,4-5,8-9H2,1-2H3;1H. The normalized spacial score (nSPS) is 19.5. The summed E-state index contributed by atoms with van der Waals surface area (Å²) >= 11 is 0. The van der Waals surface area contributed by atoms with Crippen molar-refractivity contribution in [3.8, 4) is 0 Å². The highest BCUT2D eigenvalue weighted by Crippen LogP contribution is 2.28. The average Bonchev–Trinajstić information content (AvgIpc) is 2.47. The molecule has 0 amide bonds. The molecule has 1 N–H and O–H groups in total. The number of likely N-dealkylation sites (N-methyl/N-ethyl adjacent to an activating group) is 1. The highest BCUT2D eigenvalue weighted by Gasteiger charge is 2.32. The summed E-state index contributed by atoms with van der Waals surface area (Å²) in [6.45, 7) is 2.31. The predicted octanol–water partition coefficient (Wildman–Crippen LogP) is 1.70. The number of benzene rings is 1. The van der Waals surface area contributed by atoms with Crippen LogP contribution in [0.25, 0.3) is 0 Å². The maximum atomic E-state index is 12.7. The Hall–Kier alpha value is -1.22. The minimum atomic E-state index is -3.70. The van der Waals surface area contributed by atoms with E-state index in [1.165, 1.54) is 29.4 Å². The van der Waals surface area contributed by atoms with Crippen LogP contribution in [0, 0.1) is 17.0 Å². The van der Waals surface area contributed by atoms with Crippen LogP contribution in [0.15, 0.2) is 23.1 Å². The van der Waals surface area contributed by atoms with Gasteiger partial charge in [0, 0.05) is 30.8 Å². The number of nitrogens with zero attached hydrogens (tertiary/aromatic N) is 2. The maximum absolute atomic E-state index is 12.7. The van der Waals surface area contributed by atoms with Crippen LogP contribution in [-0.4, -0.2) is 43.8 Å². The van der Waals surface area contributed by atoms with Crippen LogP contribution >= 0.6 is 12.4 Å². The number of piperidine rings is 1. The molecule has 0 bridgehead atoms. The van der Waals surface area contributed by atoms with Gasteiger partial charge in [-0.15, -0.1) is 12.4 Å². The zero-order valence-corrected chi connectivity index (χ0v) is 14.1. The molecule has 1 unspecified atom stereocenters. The number of rotatable bonds is 4. The van der Waals surface area contributed by atoms with E-state index in [2.05, 4.69) is 5.32 Å². The molecule has 22 heavy (non-hydrogen) atoms. The summed E-state index contributed by atoms with van der Waals surface area (Å²) in [5.74, 6) is 0. The van der Waals surface area contributed by atoms with Crippen LogP contribution < -0.4 is 5.32 Å². The van der Waals surface area contributed by atoms with Gasteiger partial charge in [-0.3, -0.25) is 10.1 Å². The SMILES string of the molecule is CNC1CCCN(S(=O)(=O)c2cccc([N+](=O)[O-])c2C)C1.Cl. The summed E-state index contributed by atoms with van der Waals surface area (Å²) in [4.78, 5) is 10.4. The molecule has 0 spiro atoms. The van der Waals surface area contributed by atoms with E-state index < -0.39 is 14.9 Å². The van der Waals surface area contributed by atoms with Gasteiger partial charge in [-0.05, 0) is 32.9 Å². The van der Waals surface area contributed by atoms with Crippen molar-refractivity contribution in [3.63, 3.8) is 0 Å². The molecule has 0 radical (unpaired) electrons. The van der Waals surface area contributed by atoms with E-state index in [9.17, 15) is 18.5 Å². The molecular weight excluding hydrogens is 330 g/mol. The molecule has 1 heterocycles.